The van der Waals surface area contributed by atoms with Crippen LogP contribution in [0.2, 0.25) is 0 Å². The Hall–Kier alpha value is -3.94. The van der Waals surface area contributed by atoms with Gasteiger partial charge in [0.2, 0.25) is 0 Å². The van der Waals surface area contributed by atoms with Crippen LogP contribution in [0, 0.1) is 0 Å². The average Bonchev–Trinajstić information content (AvgIpc) is 3.06. The Labute approximate surface area is 158 Å². The lowest BCUT2D eigenvalue weighted by atomic mass is 10.2. The molecule has 1 aromatic carbocycles. The second-order valence-electron chi connectivity index (χ2n) is 5.90. The fourth-order valence-electron chi connectivity index (χ4n) is 2.85. The first-order valence-electron chi connectivity index (χ1n) is 8.57. The van der Waals surface area contributed by atoms with Crippen molar-refractivity contribution in [2.75, 3.05) is 11.9 Å². The van der Waals surface area contributed by atoms with Gasteiger partial charge in [0.25, 0.3) is 5.91 Å². The molecule has 0 aliphatic heterocycles. The van der Waals surface area contributed by atoms with Crippen LogP contribution >= 0.6 is 0 Å². The van der Waals surface area contributed by atoms with Gasteiger partial charge in [0.05, 0.1) is 6.61 Å². The molecule has 0 unspecified atom stereocenters. The third kappa shape index (κ3) is 3.01. The summed E-state index contributed by atoms with van der Waals surface area (Å²) in [6.07, 6.45) is 1.64. The summed E-state index contributed by atoms with van der Waals surface area (Å²) in [4.78, 5) is 41.5. The molecule has 1 amide bonds. The van der Waals surface area contributed by atoms with Gasteiger partial charge in [0.15, 0.2) is 11.5 Å². The third-order valence-electron chi connectivity index (χ3n) is 4.12. The summed E-state index contributed by atoms with van der Waals surface area (Å²) in [6, 6.07) is 13.5. The number of para-hydroxylation sites is 1. The molecule has 4 aromatic rings. The third-order valence-corrected chi connectivity index (χ3v) is 4.12. The maximum Gasteiger partial charge on any atom is 0.360 e. The zero-order chi connectivity index (χ0) is 19.7. The molecule has 0 spiro atoms. The number of carbonyl (C=O) groups excluding carboxylic acids is 2. The van der Waals surface area contributed by atoms with Crippen molar-refractivity contribution in [1.82, 2.24) is 9.38 Å². The first-order chi connectivity index (χ1) is 13.6. The molecule has 1 N–H and O–H groups in total. The summed E-state index contributed by atoms with van der Waals surface area (Å²) in [5.41, 5.74) is -0.175. The van der Waals surface area contributed by atoms with Gasteiger partial charge in [-0.1, -0.05) is 24.3 Å². The van der Waals surface area contributed by atoms with Gasteiger partial charge < -0.3 is 14.5 Å². The Balaban J connectivity index is 1.78. The lowest BCUT2D eigenvalue weighted by Gasteiger charge is -2.07. The number of amides is 1. The molecule has 0 saturated heterocycles. The maximum absolute atomic E-state index is 12.8. The van der Waals surface area contributed by atoms with Crippen LogP contribution < -0.4 is 10.9 Å². The largest absolute Gasteiger partial charge is 0.461 e. The quantitative estimate of drug-likeness (QED) is 0.433. The standard InChI is InChI=1S/C20H15N3O5/c1-2-27-20(26)16-17(23-10-6-5-9-15(23)21-16)22-18(24)13-11-12-7-3-4-8-14(12)28-19(13)25/h3-11H,2H2,1H3,(H,22,24). The van der Waals surface area contributed by atoms with E-state index in [0.29, 0.717) is 16.6 Å². The van der Waals surface area contributed by atoms with E-state index in [9.17, 15) is 14.4 Å². The van der Waals surface area contributed by atoms with Crippen LogP contribution in [-0.4, -0.2) is 27.9 Å². The molecule has 0 bridgehead atoms. The van der Waals surface area contributed by atoms with Gasteiger partial charge in [-0.25, -0.2) is 14.6 Å². The van der Waals surface area contributed by atoms with Crippen LogP contribution in [0.15, 0.2) is 63.9 Å². The second kappa shape index (κ2) is 6.99. The Morgan fingerprint density at radius 3 is 2.79 bits per heavy atom. The molecule has 0 atom stereocenters. The summed E-state index contributed by atoms with van der Waals surface area (Å²) < 4.78 is 11.8. The van der Waals surface area contributed by atoms with Crippen molar-refractivity contribution in [2.45, 2.75) is 6.92 Å². The number of imidazole rings is 1. The van der Waals surface area contributed by atoms with Crippen LogP contribution in [0.5, 0.6) is 0 Å². The fraction of sp³-hybridized carbons (Fsp3) is 0.100. The Morgan fingerprint density at radius 2 is 1.96 bits per heavy atom. The SMILES string of the molecule is CCOC(=O)c1nc2ccccn2c1NC(=O)c1cc2ccccc2oc1=O. The van der Waals surface area contributed by atoms with Gasteiger partial charge in [0.1, 0.15) is 16.8 Å². The van der Waals surface area contributed by atoms with Gasteiger partial charge >= 0.3 is 11.6 Å². The van der Waals surface area contributed by atoms with E-state index < -0.39 is 17.5 Å². The minimum atomic E-state index is -0.775. The van der Waals surface area contributed by atoms with Gasteiger partial charge in [0, 0.05) is 11.6 Å². The van der Waals surface area contributed by atoms with E-state index in [1.54, 1.807) is 55.6 Å². The van der Waals surface area contributed by atoms with Crippen molar-refractivity contribution in [3.8, 4) is 0 Å². The molecule has 28 heavy (non-hydrogen) atoms. The monoisotopic (exact) mass is 377 g/mol. The highest BCUT2D eigenvalue weighted by Gasteiger charge is 2.23. The Kier molecular flexibility index (Phi) is 4.36. The minimum Gasteiger partial charge on any atom is -0.461 e. The molecule has 0 saturated carbocycles. The van der Waals surface area contributed by atoms with Crippen molar-refractivity contribution in [3.05, 3.63) is 76.4 Å². The zero-order valence-corrected chi connectivity index (χ0v) is 14.8. The molecule has 0 aliphatic carbocycles. The molecule has 3 aromatic heterocycles. The summed E-state index contributed by atoms with van der Waals surface area (Å²) in [6.45, 7) is 1.83. The normalized spacial score (nSPS) is 10.9. The molecule has 4 rings (SSSR count). The fourth-order valence-corrected chi connectivity index (χ4v) is 2.85. The highest BCUT2D eigenvalue weighted by Crippen LogP contribution is 2.20. The van der Waals surface area contributed by atoms with Gasteiger partial charge in [-0.05, 0) is 31.2 Å². The lowest BCUT2D eigenvalue weighted by molar-refractivity contribution is 0.0521. The van der Waals surface area contributed by atoms with E-state index in [-0.39, 0.29) is 23.7 Å². The number of anilines is 1. The molecule has 0 fully saturated rings. The van der Waals surface area contributed by atoms with E-state index >= 15 is 0 Å². The number of benzene rings is 1. The molecule has 0 radical (unpaired) electrons. The van der Waals surface area contributed by atoms with Crippen molar-refractivity contribution < 1.29 is 18.7 Å². The molecule has 8 heteroatoms. The topological polar surface area (TPSA) is 103 Å². The second-order valence-corrected chi connectivity index (χ2v) is 5.90. The number of hydrogen-bond acceptors (Lipinski definition) is 6. The van der Waals surface area contributed by atoms with Gasteiger partial charge in [-0.15, -0.1) is 0 Å². The molecule has 3 heterocycles. The minimum absolute atomic E-state index is 0.0495. The van der Waals surface area contributed by atoms with Crippen LogP contribution in [0.3, 0.4) is 0 Å². The number of pyridine rings is 1. The number of carbonyl (C=O) groups is 2. The summed E-state index contributed by atoms with van der Waals surface area (Å²) in [7, 11) is 0. The number of fused-ring (bicyclic) bond motifs is 2. The average molecular weight is 377 g/mol. The van der Waals surface area contributed by atoms with Crippen molar-refractivity contribution in [1.29, 1.82) is 0 Å². The van der Waals surface area contributed by atoms with E-state index in [0.717, 1.165) is 0 Å². The summed E-state index contributed by atoms with van der Waals surface area (Å²) in [5.74, 6) is -1.27. The molecule has 0 aliphatic rings. The Bertz CT molecular complexity index is 1270. The number of ether oxygens (including phenoxy) is 1. The first kappa shape index (κ1) is 17.5. The highest BCUT2D eigenvalue weighted by atomic mass is 16.5. The number of hydrogen-bond donors (Lipinski definition) is 1. The Morgan fingerprint density at radius 1 is 1.18 bits per heavy atom. The molecular weight excluding hydrogens is 362 g/mol. The number of esters is 1. The van der Waals surface area contributed by atoms with Crippen LogP contribution in [0.4, 0.5) is 5.82 Å². The smallest absolute Gasteiger partial charge is 0.360 e. The number of nitrogens with zero attached hydrogens (tertiary/aromatic N) is 2. The van der Waals surface area contributed by atoms with Crippen molar-refractivity contribution in [3.63, 3.8) is 0 Å². The number of nitrogens with one attached hydrogen (secondary N) is 1. The number of aromatic nitrogens is 2. The van der Waals surface area contributed by atoms with Gasteiger partial charge in [-0.3, -0.25) is 9.20 Å². The molecular formula is C20H15N3O5. The molecule has 8 nitrogen and oxygen atoms in total. The van der Waals surface area contributed by atoms with E-state index in [1.807, 2.05) is 0 Å². The zero-order valence-electron chi connectivity index (χ0n) is 14.8. The van der Waals surface area contributed by atoms with E-state index in [1.165, 1.54) is 10.5 Å². The van der Waals surface area contributed by atoms with E-state index in [2.05, 4.69) is 10.3 Å². The van der Waals surface area contributed by atoms with Crippen molar-refractivity contribution >= 4 is 34.3 Å². The van der Waals surface area contributed by atoms with Crippen LogP contribution in [-0.2, 0) is 4.74 Å². The maximum atomic E-state index is 12.8. The van der Waals surface area contributed by atoms with E-state index in [4.69, 9.17) is 9.15 Å². The lowest BCUT2D eigenvalue weighted by Crippen LogP contribution is -2.22. The highest BCUT2D eigenvalue weighted by molar-refractivity contribution is 6.08. The van der Waals surface area contributed by atoms with Gasteiger partial charge in [-0.2, -0.15) is 0 Å². The summed E-state index contributed by atoms with van der Waals surface area (Å²) >= 11 is 0. The predicted molar refractivity (Wildman–Crippen MR) is 102 cm³/mol. The van der Waals surface area contributed by atoms with Crippen molar-refractivity contribution in [2.24, 2.45) is 0 Å². The number of rotatable bonds is 4. The first-order valence-corrected chi connectivity index (χ1v) is 8.57. The molecule has 140 valence electrons. The van der Waals surface area contributed by atoms with Crippen LogP contribution in [0.1, 0.15) is 27.8 Å². The van der Waals surface area contributed by atoms with Crippen LogP contribution in [0.25, 0.3) is 16.6 Å². The predicted octanol–water partition coefficient (Wildman–Crippen LogP) is 2.87. The summed E-state index contributed by atoms with van der Waals surface area (Å²) in [5, 5.41) is 3.20.